The van der Waals surface area contributed by atoms with Gasteiger partial charge in [-0.25, -0.2) is 9.37 Å². The summed E-state index contributed by atoms with van der Waals surface area (Å²) in [6.07, 6.45) is -5.09. The fourth-order valence-electron chi connectivity index (χ4n) is 2.86. The van der Waals surface area contributed by atoms with Crippen LogP contribution in [0, 0.1) is 17.1 Å². The molecule has 3 N–H and O–H groups in total. The van der Waals surface area contributed by atoms with Gasteiger partial charge < -0.3 is 15.6 Å². The van der Waals surface area contributed by atoms with E-state index in [0.717, 1.165) is 18.2 Å². The largest absolute Gasteiger partial charge is 0.489 e. The maximum absolute atomic E-state index is 13.5. The molecule has 5 nitrogen and oxygen atoms in total. The van der Waals surface area contributed by atoms with Gasteiger partial charge in [-0.1, -0.05) is 0 Å². The lowest BCUT2D eigenvalue weighted by Gasteiger charge is -2.29. The van der Waals surface area contributed by atoms with Crippen LogP contribution >= 0.6 is 0 Å². The van der Waals surface area contributed by atoms with Crippen molar-refractivity contribution in [1.82, 2.24) is 4.98 Å². The minimum absolute atomic E-state index is 0.0300. The second kappa shape index (κ2) is 6.18. The van der Waals surface area contributed by atoms with Crippen molar-refractivity contribution in [3.63, 3.8) is 0 Å². The molecule has 27 heavy (non-hydrogen) atoms. The van der Waals surface area contributed by atoms with E-state index in [1.807, 2.05) is 6.07 Å². The molecule has 0 saturated heterocycles. The van der Waals surface area contributed by atoms with Crippen LogP contribution in [0.3, 0.4) is 0 Å². The number of nitrogens with two attached hydrogens (primary N) is 1. The van der Waals surface area contributed by atoms with Crippen molar-refractivity contribution >= 4 is 0 Å². The molecule has 0 fully saturated rings. The van der Waals surface area contributed by atoms with Crippen LogP contribution in [0.25, 0.3) is 11.3 Å². The topological polar surface area (TPSA) is 92.2 Å². The van der Waals surface area contributed by atoms with Crippen molar-refractivity contribution in [3.8, 4) is 23.1 Å². The first-order chi connectivity index (χ1) is 12.6. The molecule has 1 aliphatic heterocycles. The molecule has 9 heteroatoms. The third-order valence-corrected chi connectivity index (χ3v) is 4.63. The Labute approximate surface area is 152 Å². The molecule has 2 heterocycles. The first-order valence-corrected chi connectivity index (χ1v) is 7.91. The number of aliphatic hydroxyl groups is 1. The summed E-state index contributed by atoms with van der Waals surface area (Å²) in [5, 5.41) is 19.7. The smallest absolute Gasteiger partial charge is 0.424 e. The van der Waals surface area contributed by atoms with Crippen molar-refractivity contribution in [2.24, 2.45) is 5.73 Å². The van der Waals surface area contributed by atoms with Crippen molar-refractivity contribution < 1.29 is 27.4 Å². The summed E-state index contributed by atoms with van der Waals surface area (Å²) >= 11 is 0. The van der Waals surface area contributed by atoms with Crippen LogP contribution in [0.2, 0.25) is 0 Å². The molecule has 0 spiro atoms. The molecule has 2 aromatic rings. The average molecular weight is 381 g/mol. The number of benzene rings is 1. The van der Waals surface area contributed by atoms with Gasteiger partial charge in [0.2, 0.25) is 5.60 Å². The molecule has 3 rings (SSSR count). The standard InChI is InChI=1S/C18H15F4N3O2/c1-16(7-23)9-27-15-12(16)6-13(17(26,8-24)18(20,21)22)25-14(15)10-2-4-11(19)5-3-10/h2-6,26H,8-9,24H2,1H3/t16-,17?/m0/s1. The van der Waals surface area contributed by atoms with Gasteiger partial charge in [-0.3, -0.25) is 0 Å². The van der Waals surface area contributed by atoms with Crippen molar-refractivity contribution in [2.45, 2.75) is 24.1 Å². The minimum Gasteiger partial charge on any atom is -0.489 e. The summed E-state index contributed by atoms with van der Waals surface area (Å²) < 4.78 is 59.2. The number of aromatic nitrogens is 1. The molecule has 1 aliphatic rings. The highest BCUT2D eigenvalue weighted by Gasteiger charge is 2.56. The number of fused-ring (bicyclic) bond motifs is 1. The van der Waals surface area contributed by atoms with E-state index in [1.54, 1.807) is 0 Å². The van der Waals surface area contributed by atoms with E-state index in [9.17, 15) is 27.9 Å². The van der Waals surface area contributed by atoms with E-state index in [4.69, 9.17) is 10.5 Å². The average Bonchev–Trinajstić information content (AvgIpc) is 2.98. The van der Waals surface area contributed by atoms with E-state index in [2.05, 4.69) is 4.98 Å². The number of pyridine rings is 1. The Balaban J connectivity index is 2.32. The van der Waals surface area contributed by atoms with E-state index in [-0.39, 0.29) is 29.2 Å². The lowest BCUT2D eigenvalue weighted by Crippen LogP contribution is -2.49. The highest BCUT2D eigenvalue weighted by molar-refractivity contribution is 5.71. The van der Waals surface area contributed by atoms with Crippen molar-refractivity contribution in [2.75, 3.05) is 13.2 Å². The number of hydrogen-bond donors (Lipinski definition) is 2. The molecule has 0 bridgehead atoms. The van der Waals surface area contributed by atoms with Crippen LogP contribution < -0.4 is 10.5 Å². The molecular formula is C18H15F4N3O2. The zero-order valence-corrected chi connectivity index (χ0v) is 14.1. The van der Waals surface area contributed by atoms with Crippen LogP contribution in [-0.4, -0.2) is 29.4 Å². The summed E-state index contributed by atoms with van der Waals surface area (Å²) in [4.78, 5) is 3.95. The Hall–Kier alpha value is -2.70. The van der Waals surface area contributed by atoms with E-state index in [1.165, 1.54) is 19.1 Å². The predicted molar refractivity (Wildman–Crippen MR) is 87.1 cm³/mol. The maximum atomic E-state index is 13.5. The molecule has 1 unspecified atom stereocenters. The Kier molecular flexibility index (Phi) is 4.37. The Morgan fingerprint density at radius 2 is 1.96 bits per heavy atom. The summed E-state index contributed by atoms with van der Waals surface area (Å²) in [7, 11) is 0. The number of hydrogen-bond acceptors (Lipinski definition) is 5. The van der Waals surface area contributed by atoms with Crippen LogP contribution in [0.1, 0.15) is 18.2 Å². The van der Waals surface area contributed by atoms with Gasteiger partial charge in [0.25, 0.3) is 0 Å². The molecule has 0 saturated carbocycles. The Bertz CT molecular complexity index is 924. The van der Waals surface area contributed by atoms with Gasteiger partial charge in [-0.05, 0) is 37.3 Å². The third kappa shape index (κ3) is 2.91. The normalized spacial score (nSPS) is 21.1. The fraction of sp³-hybridized carbons (Fsp3) is 0.333. The first-order valence-electron chi connectivity index (χ1n) is 7.91. The summed E-state index contributed by atoms with van der Waals surface area (Å²) in [6, 6.07) is 7.89. The zero-order valence-electron chi connectivity index (χ0n) is 14.1. The summed E-state index contributed by atoms with van der Waals surface area (Å²) in [5.41, 5.74) is 0.239. The van der Waals surface area contributed by atoms with Crippen molar-refractivity contribution in [1.29, 1.82) is 5.26 Å². The molecular weight excluding hydrogens is 366 g/mol. The number of halogens is 4. The highest BCUT2D eigenvalue weighted by Crippen LogP contribution is 2.47. The molecule has 2 atom stereocenters. The third-order valence-electron chi connectivity index (χ3n) is 4.63. The summed E-state index contributed by atoms with van der Waals surface area (Å²) in [5.74, 6) is -0.418. The van der Waals surface area contributed by atoms with Gasteiger partial charge in [0.05, 0.1) is 11.8 Å². The second-order valence-electron chi connectivity index (χ2n) is 6.53. The van der Waals surface area contributed by atoms with Gasteiger partial charge in [-0.2, -0.15) is 18.4 Å². The molecule has 142 valence electrons. The lowest BCUT2D eigenvalue weighted by molar-refractivity contribution is -0.263. The number of nitriles is 1. The van der Waals surface area contributed by atoms with Crippen LogP contribution in [0.5, 0.6) is 5.75 Å². The van der Waals surface area contributed by atoms with Gasteiger partial charge in [0, 0.05) is 17.7 Å². The van der Waals surface area contributed by atoms with Gasteiger partial charge >= 0.3 is 6.18 Å². The van der Waals surface area contributed by atoms with Gasteiger partial charge in [-0.15, -0.1) is 0 Å². The van der Waals surface area contributed by atoms with Crippen molar-refractivity contribution in [3.05, 3.63) is 47.4 Å². The molecule has 1 aromatic heterocycles. The van der Waals surface area contributed by atoms with E-state index >= 15 is 0 Å². The SMILES string of the molecule is C[C@]1(C#N)COc2c1cc(C(O)(CN)C(F)(F)F)nc2-c1ccc(F)cc1. The van der Waals surface area contributed by atoms with Crippen LogP contribution in [-0.2, 0) is 11.0 Å². The van der Waals surface area contributed by atoms with Crippen LogP contribution in [0.15, 0.2) is 30.3 Å². The number of alkyl halides is 3. The quantitative estimate of drug-likeness (QED) is 0.798. The first kappa shape index (κ1) is 19.1. The van der Waals surface area contributed by atoms with E-state index in [0.29, 0.717) is 0 Å². The molecule has 0 radical (unpaired) electrons. The fourth-order valence-corrected chi connectivity index (χ4v) is 2.86. The number of nitrogens with zero attached hydrogens (tertiary/aromatic N) is 2. The minimum atomic E-state index is -5.09. The van der Waals surface area contributed by atoms with Gasteiger partial charge in [0.15, 0.2) is 5.75 Å². The molecule has 0 aliphatic carbocycles. The van der Waals surface area contributed by atoms with Gasteiger partial charge in [0.1, 0.15) is 23.5 Å². The predicted octanol–water partition coefficient (Wildman–Crippen LogP) is 2.77. The molecule has 1 aromatic carbocycles. The maximum Gasteiger partial charge on any atom is 0.424 e. The summed E-state index contributed by atoms with van der Waals surface area (Å²) in [6.45, 7) is 0.257. The second-order valence-corrected chi connectivity index (χ2v) is 6.53. The zero-order chi connectivity index (χ0) is 20.0. The number of ether oxygens (including phenoxy) is 1. The highest BCUT2D eigenvalue weighted by atomic mass is 19.4. The Morgan fingerprint density at radius 1 is 1.33 bits per heavy atom. The molecule has 0 amide bonds. The van der Waals surface area contributed by atoms with Crippen LogP contribution in [0.4, 0.5) is 17.6 Å². The Morgan fingerprint density at radius 3 is 2.48 bits per heavy atom. The monoisotopic (exact) mass is 381 g/mol. The lowest BCUT2D eigenvalue weighted by atomic mass is 9.83. The number of rotatable bonds is 3. The van der Waals surface area contributed by atoms with E-state index < -0.39 is 35.2 Å².